The summed E-state index contributed by atoms with van der Waals surface area (Å²) in [5, 5.41) is 25.0. The monoisotopic (exact) mass is 426 g/mol. The topological polar surface area (TPSA) is 102 Å². The minimum atomic E-state index is -5.08. The molecule has 12 heteroatoms. The molecule has 0 atom stereocenters. The number of benzene rings is 1. The molecule has 1 heterocycles. The molecular formula is C17H16F6N2O4. The smallest absolute Gasteiger partial charge is 0.481 e. The summed E-state index contributed by atoms with van der Waals surface area (Å²) in [5.74, 6) is -3.59. The molecule has 1 aliphatic heterocycles. The third-order valence-corrected chi connectivity index (χ3v) is 4.11. The molecule has 0 aliphatic carbocycles. The SMILES string of the molecule is N#Cc1ccc(C(F)(F)F)cc1N1CCC(CC(=O)O)CC1.O=C(O)C(F)(F)F. The van der Waals surface area contributed by atoms with Gasteiger partial charge in [0.1, 0.15) is 6.07 Å². The van der Waals surface area contributed by atoms with E-state index in [1.54, 1.807) is 4.90 Å². The maximum Gasteiger partial charge on any atom is 0.490 e. The third-order valence-electron chi connectivity index (χ3n) is 4.11. The van der Waals surface area contributed by atoms with Gasteiger partial charge in [-0.3, -0.25) is 4.79 Å². The molecule has 0 bridgehead atoms. The molecule has 2 N–H and O–H groups in total. The van der Waals surface area contributed by atoms with Gasteiger partial charge >= 0.3 is 24.3 Å². The van der Waals surface area contributed by atoms with Gasteiger partial charge in [0.2, 0.25) is 0 Å². The second kappa shape index (κ2) is 9.49. The molecule has 160 valence electrons. The summed E-state index contributed by atoms with van der Waals surface area (Å²) in [6.07, 6.45) is -8.28. The highest BCUT2D eigenvalue weighted by molar-refractivity contribution is 5.73. The lowest BCUT2D eigenvalue weighted by Gasteiger charge is -2.33. The molecule has 0 spiro atoms. The Kier molecular flexibility index (Phi) is 7.87. The number of alkyl halides is 6. The van der Waals surface area contributed by atoms with Crippen LogP contribution in [0.5, 0.6) is 0 Å². The molecule has 0 aromatic heterocycles. The highest BCUT2D eigenvalue weighted by Gasteiger charge is 2.38. The molecule has 2 rings (SSSR count). The highest BCUT2D eigenvalue weighted by Crippen LogP contribution is 2.35. The third kappa shape index (κ3) is 7.52. The van der Waals surface area contributed by atoms with Crippen LogP contribution in [0.15, 0.2) is 18.2 Å². The molecule has 0 saturated carbocycles. The number of halogens is 6. The van der Waals surface area contributed by atoms with Crippen LogP contribution in [0, 0.1) is 17.2 Å². The van der Waals surface area contributed by atoms with Crippen molar-refractivity contribution in [2.24, 2.45) is 5.92 Å². The summed E-state index contributed by atoms with van der Waals surface area (Å²) < 4.78 is 70.2. The number of rotatable bonds is 3. The number of hydrogen-bond acceptors (Lipinski definition) is 4. The summed E-state index contributed by atoms with van der Waals surface area (Å²) in [4.78, 5) is 21.3. The summed E-state index contributed by atoms with van der Waals surface area (Å²) in [6.45, 7) is 0.905. The van der Waals surface area contributed by atoms with Crippen molar-refractivity contribution in [3.8, 4) is 6.07 Å². The van der Waals surface area contributed by atoms with E-state index in [0.29, 0.717) is 25.9 Å². The standard InChI is InChI=1S/C15H15F3N2O2.C2HF3O2/c16-15(17,18)12-2-1-11(9-19)13(8-12)20-5-3-10(4-6-20)7-14(21)22;3-2(4,5)1(6)7/h1-2,8,10H,3-7H2,(H,21,22);(H,6,7). The number of anilines is 1. The number of nitrogens with zero attached hydrogens (tertiary/aromatic N) is 2. The van der Waals surface area contributed by atoms with Crippen molar-refractivity contribution in [2.45, 2.75) is 31.6 Å². The van der Waals surface area contributed by atoms with E-state index in [2.05, 4.69) is 0 Å². The fourth-order valence-corrected chi connectivity index (χ4v) is 2.69. The largest absolute Gasteiger partial charge is 0.490 e. The molecule has 0 unspecified atom stereocenters. The van der Waals surface area contributed by atoms with Gasteiger partial charge in [0.25, 0.3) is 0 Å². The van der Waals surface area contributed by atoms with Gasteiger partial charge in [-0.25, -0.2) is 4.79 Å². The van der Waals surface area contributed by atoms with E-state index in [0.717, 1.165) is 12.1 Å². The van der Waals surface area contributed by atoms with Crippen molar-refractivity contribution in [3.05, 3.63) is 29.3 Å². The molecule has 0 radical (unpaired) electrons. The van der Waals surface area contributed by atoms with E-state index < -0.39 is 29.9 Å². The number of piperidine rings is 1. The molecular weight excluding hydrogens is 410 g/mol. The van der Waals surface area contributed by atoms with Crippen LogP contribution in [0.25, 0.3) is 0 Å². The molecule has 1 fully saturated rings. The van der Waals surface area contributed by atoms with E-state index >= 15 is 0 Å². The molecule has 29 heavy (non-hydrogen) atoms. The van der Waals surface area contributed by atoms with Gasteiger partial charge in [0.05, 0.1) is 16.8 Å². The van der Waals surface area contributed by atoms with E-state index in [4.69, 9.17) is 20.3 Å². The zero-order valence-electron chi connectivity index (χ0n) is 14.7. The predicted molar refractivity (Wildman–Crippen MR) is 87.0 cm³/mol. The van der Waals surface area contributed by atoms with Crippen LogP contribution in [-0.4, -0.2) is 41.4 Å². The van der Waals surface area contributed by atoms with Crippen LogP contribution in [0.1, 0.15) is 30.4 Å². The Hall–Kier alpha value is -2.97. The van der Waals surface area contributed by atoms with Crippen molar-refractivity contribution in [1.82, 2.24) is 0 Å². The molecule has 1 aliphatic rings. The number of carboxylic acids is 2. The van der Waals surface area contributed by atoms with E-state index in [1.165, 1.54) is 6.07 Å². The number of aliphatic carboxylic acids is 2. The summed E-state index contributed by atoms with van der Waals surface area (Å²) >= 11 is 0. The second-order valence-electron chi connectivity index (χ2n) is 6.17. The first-order valence-electron chi connectivity index (χ1n) is 8.14. The number of carbonyl (C=O) groups is 2. The van der Waals surface area contributed by atoms with Gasteiger partial charge in [-0.05, 0) is 37.0 Å². The lowest BCUT2D eigenvalue weighted by molar-refractivity contribution is -0.192. The van der Waals surface area contributed by atoms with Gasteiger partial charge in [-0.2, -0.15) is 31.6 Å². The van der Waals surface area contributed by atoms with Crippen molar-refractivity contribution in [2.75, 3.05) is 18.0 Å². The lowest BCUT2D eigenvalue weighted by atomic mass is 9.93. The molecule has 1 aromatic carbocycles. The van der Waals surface area contributed by atoms with Gasteiger partial charge in [-0.15, -0.1) is 0 Å². The quantitative estimate of drug-likeness (QED) is 0.711. The fourth-order valence-electron chi connectivity index (χ4n) is 2.69. The van der Waals surface area contributed by atoms with Crippen LogP contribution in [0.3, 0.4) is 0 Å². The maximum atomic E-state index is 12.8. The molecule has 6 nitrogen and oxygen atoms in total. The van der Waals surface area contributed by atoms with E-state index in [1.807, 2.05) is 6.07 Å². The Morgan fingerprint density at radius 3 is 2.00 bits per heavy atom. The Morgan fingerprint density at radius 1 is 1.10 bits per heavy atom. The van der Waals surface area contributed by atoms with Gasteiger partial charge < -0.3 is 15.1 Å². The fraction of sp³-hybridized carbons (Fsp3) is 0.471. The lowest BCUT2D eigenvalue weighted by Crippen LogP contribution is -2.35. The van der Waals surface area contributed by atoms with Crippen molar-refractivity contribution >= 4 is 17.6 Å². The first kappa shape index (κ1) is 24.1. The van der Waals surface area contributed by atoms with Crippen LogP contribution < -0.4 is 4.90 Å². The first-order chi connectivity index (χ1) is 13.3. The van der Waals surface area contributed by atoms with Gasteiger partial charge in [0, 0.05) is 19.5 Å². The normalized spacial score (nSPS) is 15.1. The van der Waals surface area contributed by atoms with E-state index in [-0.39, 0.29) is 23.6 Å². The Bertz CT molecular complexity index is 778. The highest BCUT2D eigenvalue weighted by atomic mass is 19.4. The summed E-state index contributed by atoms with van der Waals surface area (Å²) in [7, 11) is 0. The predicted octanol–water partition coefficient (Wildman–Crippen LogP) is 3.90. The number of nitriles is 1. The average Bonchev–Trinajstić information content (AvgIpc) is 2.60. The molecule has 0 amide bonds. The summed E-state index contributed by atoms with van der Waals surface area (Å²) in [6, 6.07) is 4.99. The summed E-state index contributed by atoms with van der Waals surface area (Å²) in [5.41, 5.74) is -0.315. The average molecular weight is 426 g/mol. The van der Waals surface area contributed by atoms with Gasteiger partial charge in [-0.1, -0.05) is 0 Å². The van der Waals surface area contributed by atoms with Crippen LogP contribution in [0.2, 0.25) is 0 Å². The zero-order valence-corrected chi connectivity index (χ0v) is 14.7. The minimum absolute atomic E-state index is 0.0325. The molecule has 1 saturated heterocycles. The van der Waals surface area contributed by atoms with Crippen molar-refractivity contribution < 1.29 is 46.1 Å². The number of hydrogen-bond donors (Lipinski definition) is 2. The van der Waals surface area contributed by atoms with E-state index in [9.17, 15) is 31.1 Å². The van der Waals surface area contributed by atoms with Crippen LogP contribution in [-0.2, 0) is 15.8 Å². The minimum Gasteiger partial charge on any atom is -0.481 e. The zero-order chi connectivity index (χ0) is 22.4. The van der Waals surface area contributed by atoms with Crippen LogP contribution in [0.4, 0.5) is 32.0 Å². The molecule has 1 aromatic rings. The van der Waals surface area contributed by atoms with Crippen LogP contribution >= 0.6 is 0 Å². The maximum absolute atomic E-state index is 12.8. The second-order valence-corrected chi connectivity index (χ2v) is 6.17. The Labute approximate surface area is 161 Å². The Morgan fingerprint density at radius 2 is 1.62 bits per heavy atom. The van der Waals surface area contributed by atoms with Gasteiger partial charge in [0.15, 0.2) is 0 Å². The van der Waals surface area contributed by atoms with Crippen molar-refractivity contribution in [1.29, 1.82) is 5.26 Å². The van der Waals surface area contributed by atoms with Crippen molar-refractivity contribution in [3.63, 3.8) is 0 Å². The first-order valence-corrected chi connectivity index (χ1v) is 8.14. The Balaban J connectivity index is 0.000000516. The number of carboxylic acid groups (broad SMARTS) is 2.